The summed E-state index contributed by atoms with van der Waals surface area (Å²) in [5, 5.41) is 1.93. The zero-order chi connectivity index (χ0) is 13.8. The first-order valence-corrected chi connectivity index (χ1v) is 6.46. The summed E-state index contributed by atoms with van der Waals surface area (Å²) in [5.41, 5.74) is 1.36. The van der Waals surface area contributed by atoms with Crippen molar-refractivity contribution in [2.75, 3.05) is 6.61 Å². The molecule has 0 bridgehead atoms. The molecular weight excluding hydrogens is 285 g/mol. The highest BCUT2D eigenvalue weighted by molar-refractivity contribution is 6.33. The number of fused-ring (bicyclic) bond motifs is 1. The number of nitrogens with zero attached hydrogens (tertiary/aromatic N) is 1. The maximum absolute atomic E-state index is 11.3. The van der Waals surface area contributed by atoms with Crippen LogP contribution in [0.25, 0.3) is 17.0 Å². The molecule has 5 heteroatoms. The third kappa shape index (κ3) is 3.25. The molecule has 98 valence electrons. The lowest BCUT2D eigenvalue weighted by Gasteiger charge is -2.04. The Kier molecular flexibility index (Phi) is 4.40. The predicted molar refractivity (Wildman–Crippen MR) is 77.4 cm³/mol. The van der Waals surface area contributed by atoms with E-state index in [1.807, 2.05) is 6.07 Å². The predicted octanol–water partition coefficient (Wildman–Crippen LogP) is 4.12. The van der Waals surface area contributed by atoms with E-state index < -0.39 is 5.97 Å². The maximum Gasteiger partial charge on any atom is 0.330 e. The highest BCUT2D eigenvalue weighted by Crippen LogP contribution is 2.27. The van der Waals surface area contributed by atoms with Crippen LogP contribution in [-0.2, 0) is 9.53 Å². The second kappa shape index (κ2) is 6.04. The van der Waals surface area contributed by atoms with Crippen LogP contribution in [-0.4, -0.2) is 17.6 Å². The van der Waals surface area contributed by atoms with Gasteiger partial charge in [-0.2, -0.15) is 0 Å². The Morgan fingerprint density at radius 1 is 1.42 bits per heavy atom. The smallest absolute Gasteiger partial charge is 0.330 e. The molecule has 2 aromatic rings. The zero-order valence-electron chi connectivity index (χ0n) is 10.2. The average molecular weight is 296 g/mol. The van der Waals surface area contributed by atoms with Crippen molar-refractivity contribution in [3.8, 4) is 0 Å². The van der Waals surface area contributed by atoms with Crippen LogP contribution in [0, 0.1) is 0 Å². The van der Waals surface area contributed by atoms with Gasteiger partial charge < -0.3 is 4.74 Å². The van der Waals surface area contributed by atoms with Crippen LogP contribution in [0.4, 0.5) is 0 Å². The largest absolute Gasteiger partial charge is 0.463 e. The van der Waals surface area contributed by atoms with E-state index in [1.54, 1.807) is 31.3 Å². The molecule has 0 unspecified atom stereocenters. The third-order valence-electron chi connectivity index (χ3n) is 2.48. The van der Waals surface area contributed by atoms with E-state index >= 15 is 0 Å². The molecule has 2 rings (SSSR count). The summed E-state index contributed by atoms with van der Waals surface area (Å²) in [6, 6.07) is 5.37. The van der Waals surface area contributed by atoms with Crippen LogP contribution in [0.5, 0.6) is 0 Å². The summed E-state index contributed by atoms with van der Waals surface area (Å²) in [6.45, 7) is 2.08. The average Bonchev–Trinajstić information content (AvgIpc) is 2.38. The molecule has 0 N–H and O–H groups in total. The third-order valence-corrected chi connectivity index (χ3v) is 3.01. The van der Waals surface area contributed by atoms with E-state index in [-0.39, 0.29) is 0 Å². The normalized spacial score (nSPS) is 11.1. The van der Waals surface area contributed by atoms with E-state index in [0.717, 1.165) is 5.39 Å². The van der Waals surface area contributed by atoms with Crippen LogP contribution >= 0.6 is 23.2 Å². The van der Waals surface area contributed by atoms with Crippen LogP contribution < -0.4 is 0 Å². The second-order valence-corrected chi connectivity index (χ2v) is 4.62. The number of aromatic nitrogens is 1. The minimum Gasteiger partial charge on any atom is -0.463 e. The van der Waals surface area contributed by atoms with E-state index in [2.05, 4.69) is 4.98 Å². The van der Waals surface area contributed by atoms with Crippen molar-refractivity contribution in [2.24, 2.45) is 0 Å². The molecule has 0 spiro atoms. The van der Waals surface area contributed by atoms with Gasteiger partial charge >= 0.3 is 5.97 Å². The SMILES string of the molecule is CCOC(=O)C=Cc1c(Cl)ccc2cc(Cl)cnc12. The standard InChI is InChI=1S/C14H11Cl2NO2/c1-2-19-13(18)6-4-11-12(16)5-3-9-7-10(15)8-17-14(9)11/h3-8H,2H2,1H3. The lowest BCUT2D eigenvalue weighted by atomic mass is 10.1. The van der Waals surface area contributed by atoms with Crippen molar-refractivity contribution in [2.45, 2.75) is 6.92 Å². The summed E-state index contributed by atoms with van der Waals surface area (Å²) < 4.78 is 4.82. The number of rotatable bonds is 3. The summed E-state index contributed by atoms with van der Waals surface area (Å²) in [5.74, 6) is -0.412. The highest BCUT2D eigenvalue weighted by Gasteiger charge is 2.06. The quantitative estimate of drug-likeness (QED) is 0.632. The summed E-state index contributed by atoms with van der Waals surface area (Å²) >= 11 is 12.0. The van der Waals surface area contributed by atoms with Gasteiger partial charge in [0.15, 0.2) is 0 Å². The Morgan fingerprint density at radius 3 is 2.95 bits per heavy atom. The molecule has 0 aliphatic carbocycles. The number of pyridine rings is 1. The fourth-order valence-corrected chi connectivity index (χ4v) is 2.05. The Bertz CT molecular complexity index is 653. The number of halogens is 2. The van der Waals surface area contributed by atoms with Crippen molar-refractivity contribution in [1.29, 1.82) is 0 Å². The summed E-state index contributed by atoms with van der Waals surface area (Å²) in [7, 11) is 0. The molecule has 0 atom stereocenters. The Morgan fingerprint density at radius 2 is 2.21 bits per heavy atom. The molecule has 0 aliphatic rings. The Labute approximate surface area is 120 Å². The molecule has 0 aliphatic heterocycles. The van der Waals surface area contributed by atoms with Crippen LogP contribution in [0.15, 0.2) is 30.5 Å². The van der Waals surface area contributed by atoms with Crippen molar-refractivity contribution >= 4 is 46.2 Å². The number of carbonyl (C=O) groups excluding carboxylic acids is 1. The fraction of sp³-hybridized carbons (Fsp3) is 0.143. The van der Waals surface area contributed by atoms with Gasteiger partial charge in [0.1, 0.15) is 0 Å². The summed E-state index contributed by atoms with van der Waals surface area (Å²) in [6.07, 6.45) is 4.48. The number of carbonyl (C=O) groups is 1. The van der Waals surface area contributed by atoms with Crippen LogP contribution in [0.1, 0.15) is 12.5 Å². The molecule has 0 fully saturated rings. The first kappa shape index (κ1) is 13.8. The minimum atomic E-state index is -0.412. The molecule has 0 saturated heterocycles. The van der Waals surface area contributed by atoms with E-state index in [1.165, 1.54) is 6.08 Å². The Balaban J connectivity index is 2.47. The van der Waals surface area contributed by atoms with Crippen LogP contribution in [0.2, 0.25) is 10.0 Å². The van der Waals surface area contributed by atoms with Gasteiger partial charge in [-0.1, -0.05) is 29.3 Å². The fourth-order valence-electron chi connectivity index (χ4n) is 1.67. The van der Waals surface area contributed by atoms with Gasteiger partial charge in [0.2, 0.25) is 0 Å². The van der Waals surface area contributed by atoms with Gasteiger partial charge in [0.05, 0.1) is 22.2 Å². The first-order chi connectivity index (χ1) is 9.11. The Hall–Kier alpha value is -1.58. The number of esters is 1. The molecule has 1 aromatic heterocycles. The van der Waals surface area contributed by atoms with Gasteiger partial charge in [-0.15, -0.1) is 0 Å². The van der Waals surface area contributed by atoms with Gasteiger partial charge in [0.25, 0.3) is 0 Å². The van der Waals surface area contributed by atoms with E-state index in [0.29, 0.717) is 27.7 Å². The number of benzene rings is 1. The lowest BCUT2D eigenvalue weighted by Crippen LogP contribution is -1.98. The molecule has 1 heterocycles. The summed E-state index contributed by atoms with van der Waals surface area (Å²) in [4.78, 5) is 15.6. The minimum absolute atomic E-state index is 0.334. The topological polar surface area (TPSA) is 39.2 Å². The number of ether oxygens (including phenoxy) is 1. The van der Waals surface area contributed by atoms with Crippen molar-refractivity contribution in [3.05, 3.63) is 46.1 Å². The van der Waals surface area contributed by atoms with Crippen molar-refractivity contribution in [1.82, 2.24) is 4.98 Å². The van der Waals surface area contributed by atoms with Gasteiger partial charge in [-0.3, -0.25) is 4.98 Å². The highest BCUT2D eigenvalue weighted by atomic mass is 35.5. The van der Waals surface area contributed by atoms with E-state index in [9.17, 15) is 4.79 Å². The van der Waals surface area contributed by atoms with Crippen LogP contribution in [0.3, 0.4) is 0 Å². The maximum atomic E-state index is 11.3. The molecule has 0 radical (unpaired) electrons. The van der Waals surface area contributed by atoms with Gasteiger partial charge in [0, 0.05) is 23.2 Å². The molecule has 19 heavy (non-hydrogen) atoms. The molecule has 0 amide bonds. The second-order valence-electron chi connectivity index (χ2n) is 3.77. The lowest BCUT2D eigenvalue weighted by molar-refractivity contribution is -0.137. The van der Waals surface area contributed by atoms with Crippen molar-refractivity contribution < 1.29 is 9.53 Å². The monoisotopic (exact) mass is 295 g/mol. The van der Waals surface area contributed by atoms with E-state index in [4.69, 9.17) is 27.9 Å². The van der Waals surface area contributed by atoms with Gasteiger partial charge in [-0.25, -0.2) is 4.79 Å². The molecule has 1 aromatic carbocycles. The van der Waals surface area contributed by atoms with Crippen molar-refractivity contribution in [3.63, 3.8) is 0 Å². The first-order valence-electron chi connectivity index (χ1n) is 5.70. The number of hydrogen-bond donors (Lipinski definition) is 0. The zero-order valence-corrected chi connectivity index (χ0v) is 11.7. The van der Waals surface area contributed by atoms with Gasteiger partial charge in [-0.05, 0) is 25.1 Å². The number of hydrogen-bond acceptors (Lipinski definition) is 3. The molecule has 3 nitrogen and oxygen atoms in total. The molecule has 0 saturated carbocycles. The molecular formula is C14H11Cl2NO2.